The third-order valence-corrected chi connectivity index (χ3v) is 7.07. The fraction of sp³-hybridized carbons (Fsp3) is 0.476. The molecule has 10 heteroatoms. The van der Waals surface area contributed by atoms with Gasteiger partial charge in [0.25, 0.3) is 0 Å². The number of hydrogen-bond donors (Lipinski definition) is 4. The van der Waals surface area contributed by atoms with Gasteiger partial charge in [-0.05, 0) is 18.6 Å². The van der Waals surface area contributed by atoms with Gasteiger partial charge in [-0.15, -0.1) is 0 Å². The number of alkyl halides is 3. The van der Waals surface area contributed by atoms with E-state index >= 15 is 0 Å². The molecule has 0 unspecified atom stereocenters. The molecule has 168 valence electrons. The van der Waals surface area contributed by atoms with Crippen LogP contribution in [-0.2, 0) is 4.74 Å². The Morgan fingerprint density at radius 3 is 2.68 bits per heavy atom. The normalized spacial score (nSPS) is 19.5. The van der Waals surface area contributed by atoms with Crippen molar-refractivity contribution in [3.63, 3.8) is 0 Å². The van der Waals surface area contributed by atoms with Gasteiger partial charge >= 0.3 is 6.18 Å². The highest BCUT2D eigenvalue weighted by atomic mass is 31.1. The van der Waals surface area contributed by atoms with Crippen LogP contribution in [0.5, 0.6) is 0 Å². The minimum Gasteiger partial charge on any atom is -0.388 e. The van der Waals surface area contributed by atoms with Crippen LogP contribution in [0.2, 0.25) is 0 Å². The maximum atomic E-state index is 13.8. The molecule has 4 N–H and O–H groups in total. The van der Waals surface area contributed by atoms with Gasteiger partial charge in [0.1, 0.15) is 0 Å². The van der Waals surface area contributed by atoms with Crippen LogP contribution in [0.15, 0.2) is 35.0 Å². The minimum atomic E-state index is -4.51. The first-order chi connectivity index (χ1) is 14.7. The molecule has 6 nitrogen and oxygen atoms in total. The molecule has 31 heavy (non-hydrogen) atoms. The van der Waals surface area contributed by atoms with E-state index in [1.165, 1.54) is 0 Å². The van der Waals surface area contributed by atoms with Crippen LogP contribution in [0, 0.1) is 0 Å². The SMILES string of the molecule is CP(C)c1cccc2c(C3=C(C(F)(F)F)CN=C(NCC4(O)CCOCC4)N3)c[nH]c12. The van der Waals surface area contributed by atoms with Crippen molar-refractivity contribution in [1.82, 2.24) is 15.6 Å². The van der Waals surface area contributed by atoms with Gasteiger partial charge in [0, 0.05) is 49.7 Å². The molecule has 1 aromatic carbocycles. The average Bonchev–Trinajstić information content (AvgIpc) is 3.16. The van der Waals surface area contributed by atoms with E-state index in [4.69, 9.17) is 4.74 Å². The summed E-state index contributed by atoms with van der Waals surface area (Å²) in [5.41, 5.74) is -0.377. The third kappa shape index (κ3) is 4.59. The Hall–Kier alpha value is -2.09. The van der Waals surface area contributed by atoms with Gasteiger partial charge in [0.05, 0.1) is 28.9 Å². The van der Waals surface area contributed by atoms with Crippen LogP contribution in [0.1, 0.15) is 18.4 Å². The summed E-state index contributed by atoms with van der Waals surface area (Å²) in [6.07, 6.45) is -1.96. The quantitative estimate of drug-likeness (QED) is 0.536. The average molecular weight is 454 g/mol. The van der Waals surface area contributed by atoms with Crippen molar-refractivity contribution >= 4 is 35.8 Å². The summed E-state index contributed by atoms with van der Waals surface area (Å²) >= 11 is 0. The van der Waals surface area contributed by atoms with E-state index in [1.54, 1.807) is 6.20 Å². The van der Waals surface area contributed by atoms with Crippen molar-refractivity contribution in [2.45, 2.75) is 24.6 Å². The van der Waals surface area contributed by atoms with Crippen molar-refractivity contribution in [2.24, 2.45) is 4.99 Å². The summed E-state index contributed by atoms with van der Waals surface area (Å²) in [7, 11) is -0.425. The molecule has 1 fully saturated rings. The molecule has 0 saturated carbocycles. The number of H-pyrrole nitrogens is 1. The second-order valence-electron chi connectivity index (χ2n) is 8.13. The smallest absolute Gasteiger partial charge is 0.388 e. The summed E-state index contributed by atoms with van der Waals surface area (Å²) in [6, 6.07) is 5.71. The van der Waals surface area contributed by atoms with Gasteiger partial charge < -0.3 is 25.5 Å². The number of rotatable bonds is 4. The van der Waals surface area contributed by atoms with Crippen LogP contribution >= 0.6 is 7.92 Å². The molecule has 2 aliphatic heterocycles. The molecule has 0 spiro atoms. The maximum Gasteiger partial charge on any atom is 0.416 e. The Morgan fingerprint density at radius 2 is 2.00 bits per heavy atom. The fourth-order valence-electron chi connectivity index (χ4n) is 3.93. The highest BCUT2D eigenvalue weighted by Crippen LogP contribution is 2.37. The van der Waals surface area contributed by atoms with E-state index in [1.807, 2.05) is 18.2 Å². The summed E-state index contributed by atoms with van der Waals surface area (Å²) in [5.74, 6) is 0.224. The van der Waals surface area contributed by atoms with E-state index in [0.29, 0.717) is 31.6 Å². The molecule has 0 bridgehead atoms. The van der Waals surface area contributed by atoms with Gasteiger partial charge in [0.15, 0.2) is 5.96 Å². The minimum absolute atomic E-state index is 0.0103. The van der Waals surface area contributed by atoms with Gasteiger partial charge in [-0.2, -0.15) is 13.2 Å². The zero-order chi connectivity index (χ0) is 22.2. The molecular formula is C21H26F3N4O2P. The number of aromatic amines is 1. The number of fused-ring (bicyclic) bond motifs is 1. The molecule has 4 rings (SSSR count). The number of guanidine groups is 1. The van der Waals surface area contributed by atoms with E-state index in [0.717, 1.165) is 16.2 Å². The third-order valence-electron chi connectivity index (χ3n) is 5.74. The first-order valence-corrected chi connectivity index (χ1v) is 12.4. The highest BCUT2D eigenvalue weighted by Gasteiger charge is 2.39. The van der Waals surface area contributed by atoms with Gasteiger partial charge in [0.2, 0.25) is 0 Å². The molecular weight excluding hydrogens is 428 g/mol. The van der Waals surface area contributed by atoms with Crippen LogP contribution in [-0.4, -0.2) is 67.5 Å². The highest BCUT2D eigenvalue weighted by molar-refractivity contribution is 7.64. The molecule has 2 aliphatic rings. The molecule has 0 aliphatic carbocycles. The Morgan fingerprint density at radius 1 is 1.26 bits per heavy atom. The van der Waals surface area contributed by atoms with E-state index in [2.05, 4.69) is 33.9 Å². The number of halogens is 3. The van der Waals surface area contributed by atoms with E-state index in [-0.39, 0.29) is 18.2 Å². The molecule has 1 saturated heterocycles. The molecule has 0 amide bonds. The van der Waals surface area contributed by atoms with Gasteiger partial charge in [-0.1, -0.05) is 26.1 Å². The van der Waals surface area contributed by atoms with Crippen molar-refractivity contribution in [3.8, 4) is 0 Å². The number of aromatic nitrogens is 1. The number of benzene rings is 1. The van der Waals surface area contributed by atoms with Crippen molar-refractivity contribution in [2.75, 3.05) is 39.6 Å². The predicted molar refractivity (Wildman–Crippen MR) is 118 cm³/mol. The second kappa shape index (κ2) is 8.45. The monoisotopic (exact) mass is 454 g/mol. The lowest BCUT2D eigenvalue weighted by Gasteiger charge is -2.33. The van der Waals surface area contributed by atoms with Crippen LogP contribution < -0.4 is 15.9 Å². The number of nitrogens with one attached hydrogen (secondary N) is 3. The molecule has 2 aromatic rings. The summed E-state index contributed by atoms with van der Waals surface area (Å²) in [4.78, 5) is 7.22. The van der Waals surface area contributed by atoms with Crippen LogP contribution in [0.25, 0.3) is 16.6 Å². The lowest BCUT2D eigenvalue weighted by atomic mass is 9.94. The largest absolute Gasteiger partial charge is 0.416 e. The number of ether oxygens (including phenoxy) is 1. The molecule has 3 heterocycles. The summed E-state index contributed by atoms with van der Waals surface area (Å²) in [6.45, 7) is 4.83. The van der Waals surface area contributed by atoms with Crippen molar-refractivity contribution in [3.05, 3.63) is 35.5 Å². The van der Waals surface area contributed by atoms with E-state index < -0.39 is 31.8 Å². The lowest BCUT2D eigenvalue weighted by molar-refractivity contribution is -0.0919. The lowest BCUT2D eigenvalue weighted by Crippen LogP contribution is -2.50. The van der Waals surface area contributed by atoms with E-state index in [9.17, 15) is 18.3 Å². The summed E-state index contributed by atoms with van der Waals surface area (Å²) < 4.78 is 46.7. The fourth-order valence-corrected chi connectivity index (χ4v) is 4.94. The first-order valence-electron chi connectivity index (χ1n) is 10.1. The number of para-hydroxylation sites is 1. The van der Waals surface area contributed by atoms with Gasteiger partial charge in [-0.3, -0.25) is 0 Å². The second-order valence-corrected chi connectivity index (χ2v) is 10.4. The Balaban J connectivity index is 1.64. The Kier molecular flexibility index (Phi) is 6.03. The maximum absolute atomic E-state index is 13.8. The molecule has 0 atom stereocenters. The zero-order valence-electron chi connectivity index (χ0n) is 17.4. The topological polar surface area (TPSA) is 81.7 Å². The predicted octanol–water partition coefficient (Wildman–Crippen LogP) is 2.90. The van der Waals surface area contributed by atoms with Crippen molar-refractivity contribution < 1.29 is 23.0 Å². The zero-order valence-corrected chi connectivity index (χ0v) is 18.3. The van der Waals surface area contributed by atoms with Crippen LogP contribution in [0.3, 0.4) is 0 Å². The number of aliphatic hydroxyl groups is 1. The number of hydrogen-bond acceptors (Lipinski definition) is 5. The Bertz CT molecular complexity index is 1020. The first kappa shape index (κ1) is 22.1. The molecule has 1 aromatic heterocycles. The van der Waals surface area contributed by atoms with Gasteiger partial charge in [-0.25, -0.2) is 4.99 Å². The Labute approximate surface area is 179 Å². The van der Waals surface area contributed by atoms with Crippen LogP contribution in [0.4, 0.5) is 13.2 Å². The molecule has 0 radical (unpaired) electrons. The number of aliphatic imine (C=N–C) groups is 1. The van der Waals surface area contributed by atoms with Crippen molar-refractivity contribution in [1.29, 1.82) is 0 Å². The summed E-state index contributed by atoms with van der Waals surface area (Å²) in [5, 5.41) is 18.3. The number of nitrogens with zero attached hydrogens (tertiary/aromatic N) is 1. The standard InChI is InChI=1S/C21H26F3N4O2P/c1-31(2)16-5-3-4-13-14(10-25-18(13)16)17-15(21(22,23)24)11-26-19(28-17)27-12-20(29)6-8-30-9-7-20/h3-5,10,25,29H,6-9,11-12H2,1-2H3,(H2,26,27,28).